The molecule has 0 aliphatic rings. The molecule has 0 atom stereocenters. The van der Waals surface area contributed by atoms with Crippen molar-refractivity contribution in [2.75, 3.05) is 0 Å². The fourth-order valence-electron chi connectivity index (χ4n) is 0.933. The number of nitrogens with zero attached hydrogens (tertiary/aromatic N) is 1. The summed E-state index contributed by atoms with van der Waals surface area (Å²) in [5.41, 5.74) is 0.739. The molecule has 1 N–H and O–H groups in total. The molecule has 0 saturated carbocycles. The maximum absolute atomic E-state index is 10.4. The number of rotatable bonds is 2. The summed E-state index contributed by atoms with van der Waals surface area (Å²) in [5.74, 6) is -1.12. The maximum atomic E-state index is 10.4. The first-order valence-corrected chi connectivity index (χ1v) is 4.53. The van der Waals surface area contributed by atoms with Crippen LogP contribution >= 0.6 is 15.9 Å². The second-order valence-electron chi connectivity index (χ2n) is 2.51. The summed E-state index contributed by atoms with van der Waals surface area (Å²) in [6.07, 6.45) is 0.892. The van der Waals surface area contributed by atoms with Gasteiger partial charge in [-0.2, -0.15) is 5.26 Å². The molecule has 0 radical (unpaired) electrons. The van der Waals surface area contributed by atoms with Gasteiger partial charge in [0, 0.05) is 10.5 Å². The van der Waals surface area contributed by atoms with Crippen LogP contribution in [0.5, 0.6) is 0 Å². The van der Waals surface area contributed by atoms with Crippen LogP contribution in [0.4, 0.5) is 0 Å². The zero-order valence-corrected chi connectivity index (χ0v) is 8.65. The molecule has 0 fully saturated rings. The molecule has 0 amide bonds. The molecule has 0 saturated heterocycles. The van der Waals surface area contributed by atoms with Crippen LogP contribution in [0, 0.1) is 11.3 Å². The van der Waals surface area contributed by atoms with Gasteiger partial charge in [0.2, 0.25) is 0 Å². The minimum absolute atomic E-state index is 0. The number of aliphatic carboxylic acids is 1. The van der Waals surface area contributed by atoms with Crippen LogP contribution in [0.25, 0.3) is 5.57 Å². The summed E-state index contributed by atoms with van der Waals surface area (Å²) in [7, 11) is 0. The number of carboxylic acids is 1. The van der Waals surface area contributed by atoms with Crippen molar-refractivity contribution < 1.29 is 9.90 Å². The third kappa shape index (κ3) is 5.07. The van der Waals surface area contributed by atoms with Crippen LogP contribution in [-0.4, -0.2) is 62.5 Å². The van der Waals surface area contributed by atoms with Crippen molar-refractivity contribution in [1.82, 2.24) is 0 Å². The summed E-state index contributed by atoms with van der Waals surface area (Å²) in [5, 5.41) is 17.2. The predicted octanol–water partition coefficient (Wildman–Crippen LogP) is 1.79. The van der Waals surface area contributed by atoms with Gasteiger partial charge in [-0.05, 0) is 17.7 Å². The number of allylic oxidation sites excluding steroid dienone is 1. The summed E-state index contributed by atoms with van der Waals surface area (Å²) in [6.45, 7) is 0. The van der Waals surface area contributed by atoms with Crippen molar-refractivity contribution in [1.29, 1.82) is 5.26 Å². The van der Waals surface area contributed by atoms with Crippen LogP contribution in [0.2, 0.25) is 0 Å². The SMILES string of the molecule is N#C/C(=C/C(=O)O)c1ccc(Br)cc1.[KH]. The molecule has 1 aromatic rings. The molecule has 1 rings (SSSR count). The van der Waals surface area contributed by atoms with E-state index in [1.54, 1.807) is 24.3 Å². The predicted molar refractivity (Wildman–Crippen MR) is 62.5 cm³/mol. The number of halogens is 1. The van der Waals surface area contributed by atoms with Crippen LogP contribution in [-0.2, 0) is 4.79 Å². The van der Waals surface area contributed by atoms with Crippen LogP contribution in [0.3, 0.4) is 0 Å². The summed E-state index contributed by atoms with van der Waals surface area (Å²) < 4.78 is 0.883. The average molecular weight is 292 g/mol. The first-order chi connectivity index (χ1) is 6.63. The Labute approximate surface area is 138 Å². The standard InChI is InChI=1S/C10H6BrNO2.K.H/c11-9-3-1-7(2-4-9)8(6-12)5-10(13)14;;/h1-5H,(H,13,14);;/b8-5-;;. The van der Waals surface area contributed by atoms with Gasteiger partial charge in [-0.15, -0.1) is 0 Å². The van der Waals surface area contributed by atoms with Crippen molar-refractivity contribution in [3.63, 3.8) is 0 Å². The van der Waals surface area contributed by atoms with Gasteiger partial charge in [0.1, 0.15) is 6.07 Å². The van der Waals surface area contributed by atoms with Crippen LogP contribution in [0.15, 0.2) is 34.8 Å². The Kier molecular flexibility index (Phi) is 7.35. The van der Waals surface area contributed by atoms with E-state index in [0.29, 0.717) is 5.56 Å². The Morgan fingerprint density at radius 2 is 1.93 bits per heavy atom. The van der Waals surface area contributed by atoms with E-state index in [4.69, 9.17) is 10.4 Å². The molecule has 0 aliphatic carbocycles. The molecule has 0 heterocycles. The van der Waals surface area contributed by atoms with Crippen molar-refractivity contribution in [2.45, 2.75) is 0 Å². The molecule has 15 heavy (non-hydrogen) atoms. The Balaban J connectivity index is 0.00000196. The summed E-state index contributed by atoms with van der Waals surface area (Å²) >= 11 is 3.25. The van der Waals surface area contributed by atoms with Gasteiger partial charge >= 0.3 is 57.4 Å². The van der Waals surface area contributed by atoms with Gasteiger partial charge in [0.15, 0.2) is 0 Å². The second-order valence-corrected chi connectivity index (χ2v) is 3.43. The summed E-state index contributed by atoms with van der Waals surface area (Å²) in [6, 6.07) is 8.70. The molecule has 0 unspecified atom stereocenters. The number of carbonyl (C=O) groups is 1. The molecule has 0 aliphatic heterocycles. The topological polar surface area (TPSA) is 61.1 Å². The van der Waals surface area contributed by atoms with Gasteiger partial charge in [-0.25, -0.2) is 4.79 Å². The fraction of sp³-hybridized carbons (Fsp3) is 0. The Morgan fingerprint density at radius 3 is 2.33 bits per heavy atom. The van der Waals surface area contributed by atoms with Crippen molar-refractivity contribution in [3.8, 4) is 6.07 Å². The average Bonchev–Trinajstić information content (AvgIpc) is 2.15. The van der Waals surface area contributed by atoms with Gasteiger partial charge < -0.3 is 5.11 Å². The van der Waals surface area contributed by atoms with Crippen molar-refractivity contribution in [3.05, 3.63) is 40.4 Å². The zero-order chi connectivity index (χ0) is 10.6. The van der Waals surface area contributed by atoms with Crippen molar-refractivity contribution in [2.24, 2.45) is 0 Å². The number of carboxylic acid groups (broad SMARTS) is 1. The van der Waals surface area contributed by atoms with Gasteiger partial charge in [0.25, 0.3) is 0 Å². The number of hydrogen-bond donors (Lipinski definition) is 1. The molecule has 1 aromatic carbocycles. The van der Waals surface area contributed by atoms with Gasteiger partial charge in [0.05, 0.1) is 5.57 Å². The van der Waals surface area contributed by atoms with Crippen LogP contribution in [0.1, 0.15) is 5.56 Å². The van der Waals surface area contributed by atoms with E-state index in [9.17, 15) is 4.79 Å². The quantitative estimate of drug-likeness (QED) is 0.513. The third-order valence-electron chi connectivity index (χ3n) is 1.54. The summed E-state index contributed by atoms with van der Waals surface area (Å²) in [4.78, 5) is 10.4. The third-order valence-corrected chi connectivity index (χ3v) is 2.07. The Morgan fingerprint density at radius 1 is 1.40 bits per heavy atom. The van der Waals surface area contributed by atoms with Crippen LogP contribution < -0.4 is 0 Å². The molecular weight excluding hydrogens is 285 g/mol. The fourth-order valence-corrected chi connectivity index (χ4v) is 1.20. The van der Waals surface area contributed by atoms with E-state index in [-0.39, 0.29) is 57.0 Å². The molecule has 0 spiro atoms. The van der Waals surface area contributed by atoms with E-state index < -0.39 is 5.97 Å². The van der Waals surface area contributed by atoms with E-state index in [1.165, 1.54) is 0 Å². The second kappa shape index (κ2) is 7.33. The van der Waals surface area contributed by atoms with E-state index in [0.717, 1.165) is 10.5 Å². The zero-order valence-electron chi connectivity index (χ0n) is 7.07. The van der Waals surface area contributed by atoms with Gasteiger partial charge in [-0.1, -0.05) is 28.1 Å². The van der Waals surface area contributed by atoms with Gasteiger partial charge in [-0.3, -0.25) is 0 Å². The minimum atomic E-state index is -1.12. The number of hydrogen-bond acceptors (Lipinski definition) is 2. The first kappa shape index (κ1) is 15.0. The number of benzene rings is 1. The van der Waals surface area contributed by atoms with Crippen molar-refractivity contribution >= 4 is 78.9 Å². The molecule has 0 aromatic heterocycles. The monoisotopic (exact) mass is 291 g/mol. The molecular formula is C10H7BrKNO2. The molecule has 3 nitrogen and oxygen atoms in total. The Bertz CT molecular complexity index is 420. The number of nitriles is 1. The molecule has 72 valence electrons. The molecule has 5 heteroatoms. The Hall–Kier alpha value is 0.0364. The normalized spacial score (nSPS) is 10.0. The first-order valence-electron chi connectivity index (χ1n) is 3.74. The van der Waals surface area contributed by atoms with E-state index >= 15 is 0 Å². The molecule has 0 bridgehead atoms. The van der Waals surface area contributed by atoms with E-state index in [1.807, 2.05) is 6.07 Å². The van der Waals surface area contributed by atoms with E-state index in [2.05, 4.69) is 15.9 Å².